The first-order valence-electron chi connectivity index (χ1n) is 6.84. The lowest BCUT2D eigenvalue weighted by Crippen LogP contribution is -2.38. The summed E-state index contributed by atoms with van der Waals surface area (Å²) in [6.07, 6.45) is 4.68. The number of ether oxygens (including phenoxy) is 1. The molecule has 1 aliphatic rings. The number of nitrogens with two attached hydrogens (primary N) is 1. The van der Waals surface area contributed by atoms with E-state index in [0.29, 0.717) is 18.1 Å². The zero-order chi connectivity index (χ0) is 13.0. The third-order valence-electron chi connectivity index (χ3n) is 3.87. The molecule has 1 atom stereocenters. The van der Waals surface area contributed by atoms with E-state index >= 15 is 0 Å². The van der Waals surface area contributed by atoms with Crippen molar-refractivity contribution in [3.63, 3.8) is 0 Å². The van der Waals surface area contributed by atoms with E-state index in [0.717, 1.165) is 18.6 Å². The van der Waals surface area contributed by atoms with Gasteiger partial charge >= 0.3 is 0 Å². The van der Waals surface area contributed by atoms with Crippen molar-refractivity contribution >= 4 is 0 Å². The van der Waals surface area contributed by atoms with Crippen molar-refractivity contribution in [1.82, 2.24) is 5.32 Å². The summed E-state index contributed by atoms with van der Waals surface area (Å²) < 4.78 is 5.18. The molecule has 3 nitrogen and oxygen atoms in total. The van der Waals surface area contributed by atoms with E-state index in [4.69, 9.17) is 10.5 Å². The third kappa shape index (κ3) is 3.47. The molecule has 1 unspecified atom stereocenters. The lowest BCUT2D eigenvalue weighted by Gasteiger charge is -2.29. The van der Waals surface area contributed by atoms with Crippen LogP contribution >= 0.6 is 0 Å². The summed E-state index contributed by atoms with van der Waals surface area (Å²) in [6.45, 7) is 2.22. The van der Waals surface area contributed by atoms with Crippen molar-refractivity contribution in [2.45, 2.75) is 50.7 Å². The van der Waals surface area contributed by atoms with Gasteiger partial charge in [-0.2, -0.15) is 0 Å². The fraction of sp³-hybridized carbons (Fsp3) is 0.600. The van der Waals surface area contributed by atoms with Crippen LogP contribution in [0.2, 0.25) is 0 Å². The molecular weight excluding hydrogens is 224 g/mol. The minimum absolute atomic E-state index is 0.384. The van der Waals surface area contributed by atoms with E-state index in [1.54, 1.807) is 7.11 Å². The number of hydrogen-bond acceptors (Lipinski definition) is 3. The molecule has 0 heterocycles. The molecule has 0 amide bonds. The van der Waals surface area contributed by atoms with Gasteiger partial charge in [-0.05, 0) is 50.3 Å². The normalized spacial score (nSPS) is 25.7. The van der Waals surface area contributed by atoms with Gasteiger partial charge in [0.1, 0.15) is 5.75 Å². The first kappa shape index (κ1) is 13.4. The van der Waals surface area contributed by atoms with Crippen LogP contribution in [-0.4, -0.2) is 19.2 Å². The van der Waals surface area contributed by atoms with Crippen molar-refractivity contribution < 1.29 is 4.74 Å². The van der Waals surface area contributed by atoms with E-state index in [2.05, 4.69) is 24.4 Å². The average molecular weight is 248 g/mol. The standard InChI is InChI=1S/C15H24N2O/c1-11(12-3-9-15(18-2)10-4-12)17-14-7-5-13(16)6-8-14/h3-4,9-11,13-14,17H,5-8,16H2,1-2H3/t11?,13-,14+. The summed E-state index contributed by atoms with van der Waals surface area (Å²) in [5.74, 6) is 0.912. The summed E-state index contributed by atoms with van der Waals surface area (Å²) in [5, 5.41) is 3.70. The molecule has 1 aromatic rings. The van der Waals surface area contributed by atoms with Crippen LogP contribution in [0, 0.1) is 0 Å². The Kier molecular flexibility index (Phi) is 4.61. The smallest absolute Gasteiger partial charge is 0.118 e. The average Bonchev–Trinajstić information content (AvgIpc) is 2.41. The van der Waals surface area contributed by atoms with Gasteiger partial charge in [0.05, 0.1) is 7.11 Å². The molecule has 3 heteroatoms. The predicted octanol–water partition coefficient (Wildman–Crippen LogP) is 2.62. The maximum absolute atomic E-state index is 5.93. The van der Waals surface area contributed by atoms with Gasteiger partial charge in [-0.1, -0.05) is 12.1 Å². The van der Waals surface area contributed by atoms with Gasteiger partial charge in [-0.15, -0.1) is 0 Å². The van der Waals surface area contributed by atoms with Gasteiger partial charge in [0, 0.05) is 18.1 Å². The van der Waals surface area contributed by atoms with Crippen molar-refractivity contribution in [3.8, 4) is 5.75 Å². The van der Waals surface area contributed by atoms with Gasteiger partial charge < -0.3 is 15.8 Å². The number of nitrogens with one attached hydrogen (secondary N) is 1. The highest BCUT2D eigenvalue weighted by Gasteiger charge is 2.20. The van der Waals surface area contributed by atoms with Crippen LogP contribution in [-0.2, 0) is 0 Å². The Morgan fingerprint density at radius 2 is 1.78 bits per heavy atom. The van der Waals surface area contributed by atoms with Gasteiger partial charge in [0.25, 0.3) is 0 Å². The molecule has 0 radical (unpaired) electrons. The van der Waals surface area contributed by atoms with Gasteiger partial charge in [0.15, 0.2) is 0 Å². The van der Waals surface area contributed by atoms with E-state index < -0.39 is 0 Å². The molecule has 100 valence electrons. The zero-order valence-electron chi connectivity index (χ0n) is 11.4. The second-order valence-electron chi connectivity index (χ2n) is 5.27. The topological polar surface area (TPSA) is 47.3 Å². The Morgan fingerprint density at radius 3 is 2.33 bits per heavy atom. The number of hydrogen-bond donors (Lipinski definition) is 2. The Labute approximate surface area is 110 Å². The molecule has 3 N–H and O–H groups in total. The van der Waals surface area contributed by atoms with E-state index in [9.17, 15) is 0 Å². The summed E-state index contributed by atoms with van der Waals surface area (Å²) in [6, 6.07) is 9.71. The lowest BCUT2D eigenvalue weighted by molar-refractivity contribution is 0.322. The van der Waals surface area contributed by atoms with Crippen LogP contribution in [0.3, 0.4) is 0 Å². The summed E-state index contributed by atoms with van der Waals surface area (Å²) in [5.41, 5.74) is 7.24. The van der Waals surface area contributed by atoms with Crippen LogP contribution in [0.4, 0.5) is 0 Å². The Hall–Kier alpha value is -1.06. The second-order valence-corrected chi connectivity index (χ2v) is 5.27. The van der Waals surface area contributed by atoms with E-state index in [1.807, 2.05) is 12.1 Å². The Bertz CT molecular complexity index is 355. The monoisotopic (exact) mass is 248 g/mol. The van der Waals surface area contributed by atoms with Gasteiger partial charge in [0.2, 0.25) is 0 Å². The maximum atomic E-state index is 5.93. The molecule has 0 aliphatic heterocycles. The molecule has 1 fully saturated rings. The zero-order valence-corrected chi connectivity index (χ0v) is 11.4. The summed E-state index contributed by atoms with van der Waals surface area (Å²) >= 11 is 0. The van der Waals surface area contributed by atoms with Crippen LogP contribution in [0.25, 0.3) is 0 Å². The van der Waals surface area contributed by atoms with Crippen molar-refractivity contribution in [2.75, 3.05) is 7.11 Å². The Morgan fingerprint density at radius 1 is 1.17 bits per heavy atom. The number of methoxy groups -OCH3 is 1. The highest BCUT2D eigenvalue weighted by molar-refractivity contribution is 5.28. The minimum Gasteiger partial charge on any atom is -0.497 e. The molecule has 18 heavy (non-hydrogen) atoms. The fourth-order valence-electron chi connectivity index (χ4n) is 2.63. The minimum atomic E-state index is 0.384. The molecule has 1 aromatic carbocycles. The third-order valence-corrected chi connectivity index (χ3v) is 3.87. The van der Waals surface area contributed by atoms with Crippen LogP contribution in [0.15, 0.2) is 24.3 Å². The van der Waals surface area contributed by atoms with Crippen molar-refractivity contribution in [2.24, 2.45) is 5.73 Å². The fourth-order valence-corrected chi connectivity index (χ4v) is 2.63. The maximum Gasteiger partial charge on any atom is 0.118 e. The molecule has 1 aliphatic carbocycles. The largest absolute Gasteiger partial charge is 0.497 e. The molecule has 1 saturated carbocycles. The van der Waals surface area contributed by atoms with Gasteiger partial charge in [-0.3, -0.25) is 0 Å². The first-order valence-corrected chi connectivity index (χ1v) is 6.84. The highest BCUT2D eigenvalue weighted by atomic mass is 16.5. The van der Waals surface area contributed by atoms with Crippen LogP contribution < -0.4 is 15.8 Å². The molecule has 0 saturated heterocycles. The number of rotatable bonds is 4. The lowest BCUT2D eigenvalue weighted by atomic mass is 9.91. The van der Waals surface area contributed by atoms with Gasteiger partial charge in [-0.25, -0.2) is 0 Å². The molecule has 0 spiro atoms. The molecule has 2 rings (SSSR count). The molecular formula is C15H24N2O. The molecule has 0 bridgehead atoms. The van der Waals surface area contributed by atoms with E-state index in [1.165, 1.54) is 18.4 Å². The quantitative estimate of drug-likeness (QED) is 0.861. The summed E-state index contributed by atoms with van der Waals surface area (Å²) in [7, 11) is 1.70. The Balaban J connectivity index is 1.88. The SMILES string of the molecule is COc1ccc(C(C)N[C@H]2CC[C@@H](N)CC2)cc1. The first-order chi connectivity index (χ1) is 8.69. The molecule has 0 aromatic heterocycles. The van der Waals surface area contributed by atoms with Crippen molar-refractivity contribution in [3.05, 3.63) is 29.8 Å². The van der Waals surface area contributed by atoms with Crippen LogP contribution in [0.1, 0.15) is 44.2 Å². The number of benzene rings is 1. The van der Waals surface area contributed by atoms with Crippen LogP contribution in [0.5, 0.6) is 5.75 Å². The second kappa shape index (κ2) is 6.21. The van der Waals surface area contributed by atoms with Crippen molar-refractivity contribution in [1.29, 1.82) is 0 Å². The van der Waals surface area contributed by atoms with E-state index in [-0.39, 0.29) is 0 Å². The predicted molar refractivity (Wildman–Crippen MR) is 74.8 cm³/mol. The highest BCUT2D eigenvalue weighted by Crippen LogP contribution is 2.22. The summed E-state index contributed by atoms with van der Waals surface area (Å²) in [4.78, 5) is 0.